The van der Waals surface area contributed by atoms with Crippen molar-refractivity contribution in [3.63, 3.8) is 0 Å². The first kappa shape index (κ1) is 18.6. The van der Waals surface area contributed by atoms with Crippen LogP contribution in [0.5, 0.6) is 5.75 Å². The molecule has 128 valence electrons. The summed E-state index contributed by atoms with van der Waals surface area (Å²) in [6.45, 7) is -2.99. The Labute approximate surface area is 150 Å². The summed E-state index contributed by atoms with van der Waals surface area (Å²) in [5, 5.41) is 2.48. The minimum atomic E-state index is -2.99. The highest BCUT2D eigenvalue weighted by Crippen LogP contribution is 2.29. The highest BCUT2D eigenvalue weighted by Gasteiger charge is 2.13. The van der Waals surface area contributed by atoms with Crippen LogP contribution in [0.15, 0.2) is 30.3 Å². The zero-order valence-corrected chi connectivity index (χ0v) is 14.4. The molecule has 1 aromatic heterocycles. The Morgan fingerprint density at radius 3 is 2.50 bits per heavy atom. The van der Waals surface area contributed by atoms with Crippen molar-refractivity contribution < 1.29 is 23.1 Å². The molecule has 0 saturated carbocycles. The Bertz CT molecular complexity index is 752. The summed E-state index contributed by atoms with van der Waals surface area (Å²) in [7, 11) is 0. The third-order valence-electron chi connectivity index (χ3n) is 2.86. The number of carbonyl (C=O) groups is 2. The normalized spacial score (nSPS) is 10.7. The summed E-state index contributed by atoms with van der Waals surface area (Å²) in [6.07, 6.45) is 0.00421. The molecule has 0 spiro atoms. The average molecular weight is 394 g/mol. The van der Waals surface area contributed by atoms with Gasteiger partial charge in [0.25, 0.3) is 0 Å². The number of ketones is 1. The first-order valence-corrected chi connectivity index (χ1v) is 8.25. The molecule has 0 bridgehead atoms. The highest BCUT2D eigenvalue weighted by atomic mass is 35.5. The van der Waals surface area contributed by atoms with E-state index in [9.17, 15) is 18.4 Å². The number of nitrogens with one attached hydrogen (secondary N) is 1. The zero-order chi connectivity index (χ0) is 17.7. The van der Waals surface area contributed by atoms with Gasteiger partial charge in [-0.15, -0.1) is 11.3 Å². The summed E-state index contributed by atoms with van der Waals surface area (Å²) in [6, 6.07) is 7.11. The van der Waals surface area contributed by atoms with E-state index in [1.165, 1.54) is 18.2 Å². The highest BCUT2D eigenvalue weighted by molar-refractivity contribution is 7.18. The summed E-state index contributed by atoms with van der Waals surface area (Å²) in [5.74, 6) is -0.764. The standard InChI is InChI=1S/C15H11Cl2F2NO3S/c16-9-7-8(1-3-11(9)23-15(18)19)20-14(22)6-2-10(21)12-4-5-13(17)24-12/h1,3-5,7,15H,2,6H2,(H,20,22). The van der Waals surface area contributed by atoms with Crippen LogP contribution in [0.4, 0.5) is 14.5 Å². The van der Waals surface area contributed by atoms with Crippen molar-refractivity contribution in [2.45, 2.75) is 19.5 Å². The van der Waals surface area contributed by atoms with Crippen LogP contribution in [0.1, 0.15) is 22.5 Å². The molecule has 0 unspecified atom stereocenters. The van der Waals surface area contributed by atoms with Gasteiger partial charge in [-0.3, -0.25) is 9.59 Å². The van der Waals surface area contributed by atoms with Gasteiger partial charge < -0.3 is 10.1 Å². The molecule has 1 amide bonds. The van der Waals surface area contributed by atoms with Gasteiger partial charge in [-0.25, -0.2) is 0 Å². The molecule has 24 heavy (non-hydrogen) atoms. The van der Waals surface area contributed by atoms with Crippen LogP contribution < -0.4 is 10.1 Å². The van der Waals surface area contributed by atoms with E-state index < -0.39 is 12.5 Å². The average Bonchev–Trinajstić information content (AvgIpc) is 2.94. The van der Waals surface area contributed by atoms with Gasteiger partial charge in [0.1, 0.15) is 5.75 Å². The first-order chi connectivity index (χ1) is 11.3. The molecule has 4 nitrogen and oxygen atoms in total. The number of halogens is 4. The van der Waals surface area contributed by atoms with E-state index in [1.54, 1.807) is 12.1 Å². The SMILES string of the molecule is O=C(CCC(=O)c1ccc(Cl)s1)Nc1ccc(OC(F)F)c(Cl)c1. The topological polar surface area (TPSA) is 55.4 Å². The lowest BCUT2D eigenvalue weighted by Crippen LogP contribution is -2.13. The number of ether oxygens (including phenoxy) is 1. The lowest BCUT2D eigenvalue weighted by molar-refractivity contribution is -0.116. The van der Waals surface area contributed by atoms with E-state index in [0.717, 1.165) is 11.3 Å². The molecule has 1 heterocycles. The smallest absolute Gasteiger partial charge is 0.387 e. The van der Waals surface area contributed by atoms with Gasteiger partial charge in [0.15, 0.2) is 5.78 Å². The molecular weight excluding hydrogens is 383 g/mol. The van der Waals surface area contributed by atoms with Gasteiger partial charge in [-0.1, -0.05) is 23.2 Å². The minimum absolute atomic E-state index is 0.0265. The second kappa shape index (κ2) is 8.41. The zero-order valence-electron chi connectivity index (χ0n) is 12.0. The monoisotopic (exact) mass is 393 g/mol. The summed E-state index contributed by atoms with van der Waals surface area (Å²) < 4.78 is 29.0. The molecule has 2 aromatic rings. The molecule has 0 saturated heterocycles. The van der Waals surface area contributed by atoms with E-state index in [2.05, 4.69) is 10.1 Å². The lowest BCUT2D eigenvalue weighted by atomic mass is 10.2. The third kappa shape index (κ3) is 5.43. The Balaban J connectivity index is 1.88. The van der Waals surface area contributed by atoms with Crippen molar-refractivity contribution in [2.75, 3.05) is 5.32 Å². The van der Waals surface area contributed by atoms with Crippen molar-refractivity contribution in [3.05, 3.63) is 44.6 Å². The van der Waals surface area contributed by atoms with Crippen LogP contribution in [0, 0.1) is 0 Å². The van der Waals surface area contributed by atoms with Crippen LogP contribution in [-0.2, 0) is 4.79 Å². The maximum absolute atomic E-state index is 12.1. The van der Waals surface area contributed by atoms with Gasteiger partial charge in [-0.05, 0) is 30.3 Å². The van der Waals surface area contributed by atoms with Gasteiger partial charge >= 0.3 is 6.61 Å². The molecule has 0 radical (unpaired) electrons. The Hall–Kier alpha value is -1.70. The van der Waals surface area contributed by atoms with Gasteiger partial charge in [0.05, 0.1) is 14.2 Å². The predicted molar refractivity (Wildman–Crippen MR) is 89.6 cm³/mol. The van der Waals surface area contributed by atoms with Crippen molar-refractivity contribution in [1.82, 2.24) is 0 Å². The number of hydrogen-bond donors (Lipinski definition) is 1. The molecule has 0 aliphatic rings. The molecule has 1 N–H and O–H groups in total. The number of Topliss-reactive ketones (excluding diaryl/α,β-unsaturated/α-hetero) is 1. The van der Waals surface area contributed by atoms with Crippen LogP contribution in [0.2, 0.25) is 9.36 Å². The summed E-state index contributed by atoms with van der Waals surface area (Å²) in [4.78, 5) is 24.2. The molecular formula is C15H11Cl2F2NO3S. The fraction of sp³-hybridized carbons (Fsp3) is 0.200. The second-order valence-corrected chi connectivity index (χ2v) is 6.72. The molecule has 9 heteroatoms. The number of anilines is 1. The number of rotatable bonds is 7. The Morgan fingerprint density at radius 2 is 1.92 bits per heavy atom. The maximum atomic E-state index is 12.1. The second-order valence-electron chi connectivity index (χ2n) is 4.60. The van der Waals surface area contributed by atoms with E-state index in [1.807, 2.05) is 0 Å². The van der Waals surface area contributed by atoms with E-state index >= 15 is 0 Å². The number of carbonyl (C=O) groups excluding carboxylic acids is 2. The third-order valence-corrected chi connectivity index (χ3v) is 4.43. The van der Waals surface area contributed by atoms with Gasteiger partial charge in [-0.2, -0.15) is 8.78 Å². The van der Waals surface area contributed by atoms with Crippen LogP contribution in [0.3, 0.4) is 0 Å². The maximum Gasteiger partial charge on any atom is 0.387 e. The van der Waals surface area contributed by atoms with E-state index in [0.29, 0.717) is 14.9 Å². The first-order valence-electron chi connectivity index (χ1n) is 6.68. The quantitative estimate of drug-likeness (QED) is 0.652. The van der Waals surface area contributed by atoms with Crippen molar-refractivity contribution in [2.24, 2.45) is 0 Å². The number of amides is 1. The Kier molecular flexibility index (Phi) is 6.53. The molecule has 0 aliphatic heterocycles. The lowest BCUT2D eigenvalue weighted by Gasteiger charge is -2.09. The molecule has 0 fully saturated rings. The number of alkyl halides is 2. The van der Waals surface area contributed by atoms with Crippen molar-refractivity contribution in [1.29, 1.82) is 0 Å². The fourth-order valence-electron chi connectivity index (χ4n) is 1.81. The molecule has 0 aliphatic carbocycles. The molecule has 0 atom stereocenters. The number of benzene rings is 1. The molecule has 1 aromatic carbocycles. The largest absolute Gasteiger partial charge is 0.433 e. The molecule has 2 rings (SSSR count). The summed E-state index contributed by atoms with van der Waals surface area (Å²) >= 11 is 12.7. The number of thiophene rings is 1. The van der Waals surface area contributed by atoms with Gasteiger partial charge in [0, 0.05) is 18.5 Å². The minimum Gasteiger partial charge on any atom is -0.433 e. The van der Waals surface area contributed by atoms with Gasteiger partial charge in [0.2, 0.25) is 5.91 Å². The van der Waals surface area contributed by atoms with Crippen LogP contribution in [-0.4, -0.2) is 18.3 Å². The van der Waals surface area contributed by atoms with E-state index in [4.69, 9.17) is 23.2 Å². The van der Waals surface area contributed by atoms with Crippen molar-refractivity contribution >= 4 is 51.9 Å². The van der Waals surface area contributed by atoms with Crippen LogP contribution >= 0.6 is 34.5 Å². The van der Waals surface area contributed by atoms with E-state index in [-0.39, 0.29) is 29.4 Å². The summed E-state index contributed by atoms with van der Waals surface area (Å²) in [5.41, 5.74) is 0.318. The predicted octanol–water partition coefficient (Wildman–Crippen LogP) is 5.26. The van der Waals surface area contributed by atoms with Crippen LogP contribution in [0.25, 0.3) is 0 Å². The van der Waals surface area contributed by atoms with Crippen molar-refractivity contribution in [3.8, 4) is 5.75 Å². The Morgan fingerprint density at radius 1 is 1.17 bits per heavy atom. The fourth-order valence-corrected chi connectivity index (χ4v) is 3.04. The number of hydrogen-bond acceptors (Lipinski definition) is 4.